The van der Waals surface area contributed by atoms with E-state index in [1.54, 1.807) is 0 Å². The van der Waals surface area contributed by atoms with Gasteiger partial charge in [0.25, 0.3) is 0 Å². The van der Waals surface area contributed by atoms with Crippen molar-refractivity contribution < 1.29 is 0 Å². The van der Waals surface area contributed by atoms with Gasteiger partial charge in [-0.05, 0) is 25.2 Å². The molecule has 2 rings (SSSR count). The normalized spacial score (nSPS) is 24.4. The highest BCUT2D eigenvalue weighted by Gasteiger charge is 2.14. The molecule has 0 radical (unpaired) electrons. The Hall–Kier alpha value is -0.990. The Balaban J connectivity index is 2.00. The first-order valence-electron chi connectivity index (χ1n) is 5.10. The summed E-state index contributed by atoms with van der Waals surface area (Å²) in [6.45, 7) is 4.71. The van der Waals surface area contributed by atoms with Crippen LogP contribution in [-0.4, -0.2) is 23.3 Å². The van der Waals surface area contributed by atoms with Crippen molar-refractivity contribution in [3.8, 4) is 0 Å². The lowest BCUT2D eigenvalue weighted by Gasteiger charge is -2.20. The summed E-state index contributed by atoms with van der Waals surface area (Å²) in [7, 11) is 0. The van der Waals surface area contributed by atoms with Gasteiger partial charge in [0.05, 0.1) is 11.9 Å². The molecule has 13 heavy (non-hydrogen) atoms. The summed E-state index contributed by atoms with van der Waals surface area (Å²) in [5, 5.41) is 6.85. The van der Waals surface area contributed by atoms with E-state index >= 15 is 0 Å². The molecule has 1 aliphatic heterocycles. The molecule has 3 heteroatoms. The highest BCUT2D eigenvalue weighted by molar-refractivity contribution is 5.41. The van der Waals surface area contributed by atoms with Crippen molar-refractivity contribution in [3.05, 3.63) is 12.4 Å². The fourth-order valence-electron chi connectivity index (χ4n) is 1.94. The van der Waals surface area contributed by atoms with Crippen LogP contribution in [0.1, 0.15) is 26.2 Å². The number of nitrogens with one attached hydrogen (secondary N) is 1. The summed E-state index contributed by atoms with van der Waals surface area (Å²) >= 11 is 0. The molecule has 1 aliphatic rings. The van der Waals surface area contributed by atoms with Crippen LogP contribution < -0.4 is 4.90 Å². The number of nitrogens with zero attached hydrogens (tertiary/aromatic N) is 2. The number of aromatic amines is 1. The lowest BCUT2D eigenvalue weighted by Crippen LogP contribution is -2.23. The summed E-state index contributed by atoms with van der Waals surface area (Å²) in [6, 6.07) is 0. The number of H-pyrrole nitrogens is 1. The fraction of sp³-hybridized carbons (Fsp3) is 0.700. The Kier molecular flexibility index (Phi) is 2.52. The molecule has 0 amide bonds. The number of rotatable bonds is 1. The second-order valence-corrected chi connectivity index (χ2v) is 3.98. The van der Waals surface area contributed by atoms with Gasteiger partial charge >= 0.3 is 0 Å². The number of hydrogen-bond acceptors (Lipinski definition) is 2. The van der Waals surface area contributed by atoms with Crippen molar-refractivity contribution in [3.63, 3.8) is 0 Å². The molecule has 0 aliphatic carbocycles. The monoisotopic (exact) mass is 179 g/mol. The Morgan fingerprint density at radius 2 is 2.38 bits per heavy atom. The average molecular weight is 179 g/mol. The Morgan fingerprint density at radius 3 is 3.15 bits per heavy atom. The zero-order chi connectivity index (χ0) is 9.10. The largest absolute Gasteiger partial charge is 0.369 e. The van der Waals surface area contributed by atoms with Gasteiger partial charge in [-0.1, -0.05) is 6.92 Å². The minimum atomic E-state index is 0.886. The molecule has 0 spiro atoms. The van der Waals surface area contributed by atoms with Gasteiger partial charge in [0.2, 0.25) is 0 Å². The molecule has 0 bridgehead atoms. The zero-order valence-electron chi connectivity index (χ0n) is 8.16. The highest BCUT2D eigenvalue weighted by Crippen LogP contribution is 2.20. The van der Waals surface area contributed by atoms with E-state index in [1.807, 2.05) is 12.4 Å². The lowest BCUT2D eigenvalue weighted by atomic mass is 10.0. The van der Waals surface area contributed by atoms with Crippen LogP contribution in [0, 0.1) is 5.92 Å². The van der Waals surface area contributed by atoms with Gasteiger partial charge < -0.3 is 4.90 Å². The number of aromatic nitrogens is 2. The summed E-state index contributed by atoms with van der Waals surface area (Å²) in [5.41, 5.74) is 1.24. The molecular formula is C10H17N3. The molecule has 1 aromatic rings. The predicted octanol–water partition coefficient (Wildman–Crippen LogP) is 2.04. The minimum Gasteiger partial charge on any atom is -0.369 e. The Labute approximate surface area is 79.1 Å². The van der Waals surface area contributed by atoms with Crippen LogP contribution in [0.15, 0.2) is 12.4 Å². The summed E-state index contributed by atoms with van der Waals surface area (Å²) in [5.74, 6) is 0.886. The summed E-state index contributed by atoms with van der Waals surface area (Å²) in [6.07, 6.45) is 7.89. The fourth-order valence-corrected chi connectivity index (χ4v) is 1.94. The van der Waals surface area contributed by atoms with E-state index in [1.165, 1.54) is 38.0 Å². The van der Waals surface area contributed by atoms with Crippen LogP contribution >= 0.6 is 0 Å². The van der Waals surface area contributed by atoms with Crippen molar-refractivity contribution in [2.45, 2.75) is 26.2 Å². The first-order chi connectivity index (χ1) is 6.36. The van der Waals surface area contributed by atoms with Crippen LogP contribution in [0.5, 0.6) is 0 Å². The first kappa shape index (κ1) is 8.60. The van der Waals surface area contributed by atoms with Crippen LogP contribution in [0.3, 0.4) is 0 Å². The number of anilines is 1. The van der Waals surface area contributed by atoms with E-state index in [4.69, 9.17) is 0 Å². The Bertz CT molecular complexity index is 243. The zero-order valence-corrected chi connectivity index (χ0v) is 8.16. The molecule has 1 aromatic heterocycles. The Morgan fingerprint density at radius 1 is 1.46 bits per heavy atom. The SMILES string of the molecule is CC1CCCN(c2cn[nH]c2)CC1. The molecule has 1 unspecified atom stereocenters. The molecular weight excluding hydrogens is 162 g/mol. The second kappa shape index (κ2) is 3.81. The van der Waals surface area contributed by atoms with Gasteiger partial charge in [-0.3, -0.25) is 5.10 Å². The first-order valence-corrected chi connectivity index (χ1v) is 5.10. The van der Waals surface area contributed by atoms with E-state index in [-0.39, 0.29) is 0 Å². The average Bonchev–Trinajstić information content (AvgIpc) is 2.56. The van der Waals surface area contributed by atoms with Gasteiger partial charge in [-0.15, -0.1) is 0 Å². The maximum Gasteiger partial charge on any atom is 0.0749 e. The number of hydrogen-bond donors (Lipinski definition) is 1. The van der Waals surface area contributed by atoms with Gasteiger partial charge in [-0.25, -0.2) is 0 Å². The van der Waals surface area contributed by atoms with Crippen molar-refractivity contribution >= 4 is 5.69 Å². The topological polar surface area (TPSA) is 31.9 Å². The van der Waals surface area contributed by atoms with E-state index < -0.39 is 0 Å². The van der Waals surface area contributed by atoms with Crippen LogP contribution in [0.4, 0.5) is 5.69 Å². The van der Waals surface area contributed by atoms with Gasteiger partial charge in [0.1, 0.15) is 0 Å². The standard InChI is InChI=1S/C10H17N3/c1-9-3-2-5-13(6-4-9)10-7-11-12-8-10/h7-9H,2-6H2,1H3,(H,11,12). The van der Waals surface area contributed by atoms with E-state index in [9.17, 15) is 0 Å². The minimum absolute atomic E-state index is 0.886. The molecule has 0 saturated carbocycles. The maximum absolute atomic E-state index is 3.98. The molecule has 1 saturated heterocycles. The van der Waals surface area contributed by atoms with Gasteiger partial charge in [0.15, 0.2) is 0 Å². The molecule has 0 aromatic carbocycles. The quantitative estimate of drug-likeness (QED) is 0.715. The third kappa shape index (κ3) is 2.02. The predicted molar refractivity (Wildman–Crippen MR) is 53.8 cm³/mol. The summed E-state index contributed by atoms with van der Waals surface area (Å²) in [4.78, 5) is 2.42. The van der Waals surface area contributed by atoms with Crippen molar-refractivity contribution in [1.82, 2.24) is 10.2 Å². The second-order valence-electron chi connectivity index (χ2n) is 3.98. The summed E-state index contributed by atoms with van der Waals surface area (Å²) < 4.78 is 0. The molecule has 3 nitrogen and oxygen atoms in total. The van der Waals surface area contributed by atoms with Crippen molar-refractivity contribution in [2.75, 3.05) is 18.0 Å². The smallest absolute Gasteiger partial charge is 0.0749 e. The maximum atomic E-state index is 3.98. The van der Waals surface area contributed by atoms with Crippen LogP contribution in [-0.2, 0) is 0 Å². The van der Waals surface area contributed by atoms with Crippen LogP contribution in [0.25, 0.3) is 0 Å². The van der Waals surface area contributed by atoms with Crippen molar-refractivity contribution in [1.29, 1.82) is 0 Å². The van der Waals surface area contributed by atoms with Gasteiger partial charge in [0, 0.05) is 19.3 Å². The van der Waals surface area contributed by atoms with E-state index in [0.29, 0.717) is 0 Å². The molecule has 72 valence electrons. The van der Waals surface area contributed by atoms with Crippen molar-refractivity contribution in [2.24, 2.45) is 5.92 Å². The molecule has 1 N–H and O–H groups in total. The van der Waals surface area contributed by atoms with Gasteiger partial charge in [-0.2, -0.15) is 5.10 Å². The third-order valence-electron chi connectivity index (χ3n) is 2.87. The lowest BCUT2D eigenvalue weighted by molar-refractivity contribution is 0.521. The molecule has 1 atom stereocenters. The molecule has 1 fully saturated rings. The molecule has 2 heterocycles. The highest BCUT2D eigenvalue weighted by atomic mass is 15.2. The van der Waals surface area contributed by atoms with E-state index in [2.05, 4.69) is 22.0 Å². The third-order valence-corrected chi connectivity index (χ3v) is 2.87. The van der Waals surface area contributed by atoms with Crippen LogP contribution in [0.2, 0.25) is 0 Å². The van der Waals surface area contributed by atoms with E-state index in [0.717, 1.165) is 5.92 Å².